The van der Waals surface area contributed by atoms with E-state index < -0.39 is 0 Å². The molecule has 4 heteroatoms. The molecule has 1 atom stereocenters. The van der Waals surface area contributed by atoms with Gasteiger partial charge in [-0.3, -0.25) is 0 Å². The summed E-state index contributed by atoms with van der Waals surface area (Å²) in [4.78, 5) is 4.21. The van der Waals surface area contributed by atoms with Gasteiger partial charge >= 0.3 is 0 Å². The van der Waals surface area contributed by atoms with Crippen LogP contribution >= 0.6 is 23.2 Å². The molecule has 0 spiro atoms. The normalized spacial score (nSPS) is 12.1. The van der Waals surface area contributed by atoms with Crippen molar-refractivity contribution < 1.29 is 0 Å². The van der Waals surface area contributed by atoms with Crippen LogP contribution in [0.1, 0.15) is 5.56 Å². The maximum Gasteiger partial charge on any atom is 0.145 e. The van der Waals surface area contributed by atoms with Crippen molar-refractivity contribution in [3.05, 3.63) is 59.2 Å². The summed E-state index contributed by atoms with van der Waals surface area (Å²) in [6, 6.07) is 13.9. The number of benzene rings is 1. The third-order valence-electron chi connectivity index (χ3n) is 2.61. The van der Waals surface area contributed by atoms with E-state index in [0.717, 1.165) is 6.42 Å². The van der Waals surface area contributed by atoms with Crippen LogP contribution in [-0.4, -0.2) is 16.9 Å². The van der Waals surface area contributed by atoms with Crippen LogP contribution in [0.5, 0.6) is 0 Å². The van der Waals surface area contributed by atoms with Crippen LogP contribution in [-0.2, 0) is 6.42 Å². The predicted octanol–water partition coefficient (Wildman–Crippen LogP) is 4.00. The first-order valence-corrected chi connectivity index (χ1v) is 6.68. The van der Waals surface area contributed by atoms with Gasteiger partial charge in [-0.25, -0.2) is 4.98 Å². The van der Waals surface area contributed by atoms with Crippen LogP contribution in [0.25, 0.3) is 0 Å². The molecule has 1 N–H and O–H groups in total. The molecule has 1 aromatic heterocycles. The maximum atomic E-state index is 6.06. The smallest absolute Gasteiger partial charge is 0.145 e. The quantitative estimate of drug-likeness (QED) is 0.838. The first kappa shape index (κ1) is 13.2. The van der Waals surface area contributed by atoms with Gasteiger partial charge in [0.2, 0.25) is 0 Å². The Balaban J connectivity index is 2.04. The van der Waals surface area contributed by atoms with Crippen LogP contribution in [0.15, 0.2) is 48.7 Å². The molecular formula is C14H14Cl2N2. The van der Waals surface area contributed by atoms with Crippen molar-refractivity contribution in [2.45, 2.75) is 12.5 Å². The van der Waals surface area contributed by atoms with Gasteiger partial charge in [0, 0.05) is 18.1 Å². The Labute approximate surface area is 117 Å². The second kappa shape index (κ2) is 6.62. The van der Waals surface area contributed by atoms with E-state index in [0.29, 0.717) is 16.7 Å². The molecule has 2 aromatic rings. The zero-order chi connectivity index (χ0) is 12.8. The Kier molecular flexibility index (Phi) is 4.85. The number of pyridine rings is 1. The molecule has 0 amide bonds. The molecule has 0 aliphatic rings. The van der Waals surface area contributed by atoms with E-state index in [1.807, 2.05) is 24.3 Å². The molecule has 94 valence electrons. The van der Waals surface area contributed by atoms with Crippen LogP contribution < -0.4 is 5.32 Å². The third kappa shape index (κ3) is 3.62. The van der Waals surface area contributed by atoms with Crippen LogP contribution in [0, 0.1) is 0 Å². The molecule has 0 saturated carbocycles. The summed E-state index contributed by atoms with van der Waals surface area (Å²) in [6.07, 6.45) is 2.55. The molecular weight excluding hydrogens is 267 g/mol. The van der Waals surface area contributed by atoms with Gasteiger partial charge in [0.15, 0.2) is 0 Å². The van der Waals surface area contributed by atoms with E-state index >= 15 is 0 Å². The number of anilines is 1. The van der Waals surface area contributed by atoms with Gasteiger partial charge in [0.05, 0.1) is 5.02 Å². The first-order chi connectivity index (χ1) is 8.79. The zero-order valence-corrected chi connectivity index (χ0v) is 11.3. The lowest BCUT2D eigenvalue weighted by atomic mass is 10.1. The fourth-order valence-corrected chi connectivity index (χ4v) is 2.09. The van der Waals surface area contributed by atoms with E-state index in [4.69, 9.17) is 23.2 Å². The monoisotopic (exact) mass is 280 g/mol. The number of halogens is 2. The Hall–Kier alpha value is -1.25. The number of hydrogen-bond donors (Lipinski definition) is 1. The summed E-state index contributed by atoms with van der Waals surface area (Å²) in [5.74, 6) is 1.18. The number of aromatic nitrogens is 1. The number of nitrogens with zero attached hydrogens (tertiary/aromatic N) is 1. The molecule has 1 aromatic carbocycles. The standard InChI is InChI=1S/C14H14Cl2N2/c15-10-12(9-11-5-2-1-3-6-11)18-14-13(16)7-4-8-17-14/h1-8,12H,9-10H2,(H,17,18). The second-order valence-electron chi connectivity index (χ2n) is 4.02. The minimum absolute atomic E-state index is 0.112. The summed E-state index contributed by atoms with van der Waals surface area (Å²) in [7, 11) is 0. The largest absolute Gasteiger partial charge is 0.365 e. The van der Waals surface area contributed by atoms with Gasteiger partial charge in [-0.1, -0.05) is 41.9 Å². The average Bonchev–Trinajstić information content (AvgIpc) is 2.41. The number of rotatable bonds is 5. The van der Waals surface area contributed by atoms with Crippen LogP contribution in [0.4, 0.5) is 5.82 Å². The Morgan fingerprint density at radius 1 is 1.11 bits per heavy atom. The van der Waals surface area contributed by atoms with Crippen molar-refractivity contribution in [2.75, 3.05) is 11.2 Å². The molecule has 0 aliphatic heterocycles. The SMILES string of the molecule is ClCC(Cc1ccccc1)Nc1ncccc1Cl. The highest BCUT2D eigenvalue weighted by molar-refractivity contribution is 6.32. The van der Waals surface area contributed by atoms with Crippen LogP contribution in [0.2, 0.25) is 5.02 Å². The predicted molar refractivity (Wildman–Crippen MR) is 77.5 cm³/mol. The Morgan fingerprint density at radius 3 is 2.56 bits per heavy atom. The van der Waals surface area contributed by atoms with Crippen molar-refractivity contribution >= 4 is 29.0 Å². The fraction of sp³-hybridized carbons (Fsp3) is 0.214. The van der Waals surface area contributed by atoms with Crippen molar-refractivity contribution in [3.63, 3.8) is 0 Å². The lowest BCUT2D eigenvalue weighted by Gasteiger charge is -2.17. The molecule has 0 fully saturated rings. The maximum absolute atomic E-state index is 6.06. The molecule has 1 unspecified atom stereocenters. The summed E-state index contributed by atoms with van der Waals surface area (Å²) < 4.78 is 0. The summed E-state index contributed by atoms with van der Waals surface area (Å²) in [5.41, 5.74) is 1.24. The fourth-order valence-electron chi connectivity index (χ4n) is 1.73. The summed E-state index contributed by atoms with van der Waals surface area (Å²) >= 11 is 12.0. The minimum Gasteiger partial charge on any atom is -0.365 e. The van der Waals surface area contributed by atoms with Crippen molar-refractivity contribution in [3.8, 4) is 0 Å². The molecule has 2 rings (SSSR count). The van der Waals surface area contributed by atoms with Gasteiger partial charge in [-0.2, -0.15) is 0 Å². The minimum atomic E-state index is 0.112. The molecule has 2 nitrogen and oxygen atoms in total. The van der Waals surface area contributed by atoms with E-state index in [9.17, 15) is 0 Å². The number of alkyl halides is 1. The average molecular weight is 281 g/mol. The number of nitrogens with one attached hydrogen (secondary N) is 1. The Bertz CT molecular complexity index is 488. The van der Waals surface area contributed by atoms with Gasteiger partial charge < -0.3 is 5.32 Å². The van der Waals surface area contributed by atoms with Gasteiger partial charge in [-0.15, -0.1) is 11.6 Å². The molecule has 0 aliphatic carbocycles. The highest BCUT2D eigenvalue weighted by Crippen LogP contribution is 2.19. The first-order valence-electron chi connectivity index (χ1n) is 5.76. The third-order valence-corrected chi connectivity index (χ3v) is 3.29. The van der Waals surface area contributed by atoms with E-state index in [2.05, 4.69) is 22.4 Å². The number of hydrogen-bond acceptors (Lipinski definition) is 2. The van der Waals surface area contributed by atoms with Gasteiger partial charge in [-0.05, 0) is 24.1 Å². The highest BCUT2D eigenvalue weighted by atomic mass is 35.5. The van der Waals surface area contributed by atoms with Crippen LogP contribution in [0.3, 0.4) is 0 Å². The van der Waals surface area contributed by atoms with E-state index in [1.165, 1.54) is 5.56 Å². The summed E-state index contributed by atoms with van der Waals surface area (Å²) in [5, 5.41) is 3.88. The lowest BCUT2D eigenvalue weighted by Crippen LogP contribution is -2.24. The zero-order valence-electron chi connectivity index (χ0n) is 9.81. The van der Waals surface area contributed by atoms with E-state index in [1.54, 1.807) is 12.3 Å². The Morgan fingerprint density at radius 2 is 1.89 bits per heavy atom. The van der Waals surface area contributed by atoms with Gasteiger partial charge in [0.1, 0.15) is 5.82 Å². The molecule has 0 saturated heterocycles. The van der Waals surface area contributed by atoms with Crippen molar-refractivity contribution in [2.24, 2.45) is 0 Å². The van der Waals surface area contributed by atoms with Crippen molar-refractivity contribution in [1.29, 1.82) is 0 Å². The van der Waals surface area contributed by atoms with Gasteiger partial charge in [0.25, 0.3) is 0 Å². The highest BCUT2D eigenvalue weighted by Gasteiger charge is 2.10. The topological polar surface area (TPSA) is 24.9 Å². The van der Waals surface area contributed by atoms with E-state index in [-0.39, 0.29) is 6.04 Å². The molecule has 18 heavy (non-hydrogen) atoms. The second-order valence-corrected chi connectivity index (χ2v) is 4.73. The lowest BCUT2D eigenvalue weighted by molar-refractivity contribution is 0.791. The molecule has 0 radical (unpaired) electrons. The molecule has 0 bridgehead atoms. The molecule has 1 heterocycles. The summed E-state index contributed by atoms with van der Waals surface area (Å²) in [6.45, 7) is 0. The van der Waals surface area contributed by atoms with Crippen molar-refractivity contribution in [1.82, 2.24) is 4.98 Å².